The van der Waals surface area contributed by atoms with Crippen LogP contribution in [-0.2, 0) is 12.8 Å². The molecule has 1 aromatic heterocycles. The van der Waals surface area contributed by atoms with Crippen molar-refractivity contribution in [1.82, 2.24) is 10.2 Å². The Morgan fingerprint density at radius 1 is 1.05 bits per heavy atom. The zero-order valence-electron chi connectivity index (χ0n) is 12.4. The van der Waals surface area contributed by atoms with Gasteiger partial charge in [0.2, 0.25) is 0 Å². The van der Waals surface area contributed by atoms with Gasteiger partial charge in [0.1, 0.15) is 0 Å². The van der Waals surface area contributed by atoms with Crippen molar-refractivity contribution in [2.75, 3.05) is 6.61 Å². The van der Waals surface area contributed by atoms with Gasteiger partial charge in [-0.15, -0.1) is 5.10 Å². The minimum Gasteiger partial charge on any atom is -0.396 e. The van der Waals surface area contributed by atoms with Gasteiger partial charge in [-0.1, -0.05) is 48.7 Å². The van der Waals surface area contributed by atoms with E-state index in [0.717, 1.165) is 22.4 Å². The lowest BCUT2D eigenvalue weighted by Crippen LogP contribution is -2.02. The molecule has 0 aliphatic carbocycles. The highest BCUT2D eigenvalue weighted by Gasteiger charge is 2.13. The number of halogens is 3. The van der Waals surface area contributed by atoms with Crippen molar-refractivity contribution >= 4 is 34.8 Å². The molecule has 0 spiro atoms. The van der Waals surface area contributed by atoms with Gasteiger partial charge in [0.05, 0.1) is 5.69 Å². The minimum absolute atomic E-state index is 0.0619. The second-order valence-electron chi connectivity index (χ2n) is 5.42. The van der Waals surface area contributed by atoms with Crippen LogP contribution in [0, 0.1) is 0 Å². The standard InChI is InChI=1S/C16H17Cl3N2O/c1-9(2)12-7-11(20-21-16(12)19)8-13-14(17)5-10(3-4-22)6-15(13)18/h5-7,9,22H,3-4,8H2,1-2H3. The smallest absolute Gasteiger partial charge is 0.155 e. The fraction of sp³-hybridized carbons (Fsp3) is 0.375. The Morgan fingerprint density at radius 3 is 2.23 bits per heavy atom. The van der Waals surface area contributed by atoms with Gasteiger partial charge in [0, 0.05) is 23.1 Å². The molecule has 0 saturated carbocycles. The number of hydrogen-bond acceptors (Lipinski definition) is 3. The molecule has 0 atom stereocenters. The first-order valence-corrected chi connectivity index (χ1v) is 8.15. The number of hydrogen-bond donors (Lipinski definition) is 1. The summed E-state index contributed by atoms with van der Waals surface area (Å²) < 4.78 is 0. The quantitative estimate of drug-likeness (QED) is 0.842. The lowest BCUT2D eigenvalue weighted by atomic mass is 10.0. The Hall–Kier alpha value is -0.870. The van der Waals surface area contributed by atoms with E-state index in [1.807, 2.05) is 18.2 Å². The molecule has 0 unspecified atom stereocenters. The maximum Gasteiger partial charge on any atom is 0.155 e. The van der Waals surface area contributed by atoms with Gasteiger partial charge in [0.25, 0.3) is 0 Å². The molecule has 0 amide bonds. The molecule has 0 aliphatic heterocycles. The molecular formula is C16H17Cl3N2O. The van der Waals surface area contributed by atoms with E-state index in [2.05, 4.69) is 24.0 Å². The van der Waals surface area contributed by atoms with Crippen molar-refractivity contribution in [2.45, 2.75) is 32.6 Å². The van der Waals surface area contributed by atoms with E-state index in [-0.39, 0.29) is 12.5 Å². The number of aromatic nitrogens is 2. The fourth-order valence-corrected chi connectivity index (χ4v) is 3.18. The average molecular weight is 360 g/mol. The van der Waals surface area contributed by atoms with Crippen molar-refractivity contribution in [3.8, 4) is 0 Å². The molecule has 0 saturated heterocycles. The SMILES string of the molecule is CC(C)c1cc(Cc2c(Cl)cc(CCO)cc2Cl)nnc1Cl. The highest BCUT2D eigenvalue weighted by molar-refractivity contribution is 6.36. The van der Waals surface area contributed by atoms with Crippen molar-refractivity contribution < 1.29 is 5.11 Å². The van der Waals surface area contributed by atoms with Gasteiger partial charge in [0.15, 0.2) is 5.15 Å². The second kappa shape index (κ2) is 7.60. The Balaban J connectivity index is 2.33. The number of aliphatic hydroxyl groups is 1. The van der Waals surface area contributed by atoms with E-state index in [4.69, 9.17) is 39.9 Å². The van der Waals surface area contributed by atoms with Gasteiger partial charge < -0.3 is 5.11 Å². The summed E-state index contributed by atoms with van der Waals surface area (Å²) in [5, 5.41) is 18.7. The van der Waals surface area contributed by atoms with Gasteiger partial charge in [-0.25, -0.2) is 0 Å². The van der Waals surface area contributed by atoms with Gasteiger partial charge >= 0.3 is 0 Å². The zero-order valence-corrected chi connectivity index (χ0v) is 14.7. The summed E-state index contributed by atoms with van der Waals surface area (Å²) in [5.41, 5.74) is 3.44. The van der Waals surface area contributed by atoms with Crippen molar-refractivity contribution in [2.24, 2.45) is 0 Å². The topological polar surface area (TPSA) is 46.0 Å². The molecule has 0 bridgehead atoms. The Bertz CT molecular complexity index is 651. The summed E-state index contributed by atoms with van der Waals surface area (Å²) in [5.74, 6) is 0.264. The van der Waals surface area contributed by atoms with Crippen LogP contribution in [0.1, 0.15) is 42.1 Å². The zero-order chi connectivity index (χ0) is 16.3. The molecular weight excluding hydrogens is 343 g/mol. The van der Waals surface area contributed by atoms with Crippen molar-refractivity contribution in [3.05, 3.63) is 55.8 Å². The van der Waals surface area contributed by atoms with Crippen LogP contribution in [0.2, 0.25) is 15.2 Å². The summed E-state index contributed by atoms with van der Waals surface area (Å²) in [6, 6.07) is 5.59. The third-order valence-corrected chi connectivity index (χ3v) is 4.38. The highest BCUT2D eigenvalue weighted by Crippen LogP contribution is 2.30. The van der Waals surface area contributed by atoms with E-state index in [9.17, 15) is 0 Å². The van der Waals surface area contributed by atoms with Gasteiger partial charge in [-0.05, 0) is 47.2 Å². The predicted octanol–water partition coefficient (Wildman–Crippen LogP) is 4.69. The van der Waals surface area contributed by atoms with Crippen LogP contribution in [0.15, 0.2) is 18.2 Å². The van der Waals surface area contributed by atoms with Crippen LogP contribution in [-0.4, -0.2) is 21.9 Å². The maximum absolute atomic E-state index is 9.00. The Morgan fingerprint density at radius 2 is 1.68 bits per heavy atom. The summed E-state index contributed by atoms with van der Waals surface area (Å²) in [6.07, 6.45) is 1.01. The number of benzene rings is 1. The molecule has 0 fully saturated rings. The number of rotatable bonds is 5. The fourth-order valence-electron chi connectivity index (χ4n) is 2.20. The van der Waals surface area contributed by atoms with E-state index < -0.39 is 0 Å². The molecule has 1 N–H and O–H groups in total. The first-order valence-electron chi connectivity index (χ1n) is 7.02. The molecule has 6 heteroatoms. The second-order valence-corrected chi connectivity index (χ2v) is 6.60. The van der Waals surface area contributed by atoms with Gasteiger partial charge in [-0.3, -0.25) is 0 Å². The lowest BCUT2D eigenvalue weighted by molar-refractivity contribution is 0.299. The normalized spacial score (nSPS) is 11.2. The van der Waals surface area contributed by atoms with Crippen LogP contribution in [0.25, 0.3) is 0 Å². The first-order chi connectivity index (χ1) is 10.4. The van der Waals surface area contributed by atoms with Crippen LogP contribution in [0.4, 0.5) is 0 Å². The van der Waals surface area contributed by atoms with E-state index >= 15 is 0 Å². The monoisotopic (exact) mass is 358 g/mol. The molecule has 3 nitrogen and oxygen atoms in total. The summed E-state index contributed by atoms with van der Waals surface area (Å²) in [7, 11) is 0. The average Bonchev–Trinajstić information content (AvgIpc) is 2.44. The van der Waals surface area contributed by atoms with E-state index in [1.54, 1.807) is 0 Å². The van der Waals surface area contributed by atoms with Crippen LogP contribution in [0.3, 0.4) is 0 Å². The molecule has 22 heavy (non-hydrogen) atoms. The summed E-state index contributed by atoms with van der Waals surface area (Å²) in [6.45, 7) is 4.17. The lowest BCUT2D eigenvalue weighted by Gasteiger charge is -2.11. The molecule has 1 heterocycles. The van der Waals surface area contributed by atoms with E-state index in [1.165, 1.54) is 0 Å². The minimum atomic E-state index is 0.0619. The molecule has 1 aromatic carbocycles. The third-order valence-electron chi connectivity index (χ3n) is 3.41. The van der Waals surface area contributed by atoms with E-state index in [0.29, 0.717) is 28.0 Å². The molecule has 0 aliphatic rings. The summed E-state index contributed by atoms with van der Waals surface area (Å²) >= 11 is 18.7. The summed E-state index contributed by atoms with van der Waals surface area (Å²) in [4.78, 5) is 0. The first kappa shape index (κ1) is 17.5. The third kappa shape index (κ3) is 4.11. The highest BCUT2D eigenvalue weighted by atomic mass is 35.5. The van der Waals surface area contributed by atoms with Crippen molar-refractivity contribution in [3.63, 3.8) is 0 Å². The van der Waals surface area contributed by atoms with Crippen molar-refractivity contribution in [1.29, 1.82) is 0 Å². The Kier molecular flexibility index (Phi) is 6.04. The van der Waals surface area contributed by atoms with Crippen LogP contribution in [0.5, 0.6) is 0 Å². The Labute approximate surface area is 145 Å². The molecule has 2 aromatic rings. The van der Waals surface area contributed by atoms with Crippen LogP contribution < -0.4 is 0 Å². The van der Waals surface area contributed by atoms with Gasteiger partial charge in [-0.2, -0.15) is 5.10 Å². The van der Waals surface area contributed by atoms with Crippen LogP contribution >= 0.6 is 34.8 Å². The molecule has 2 rings (SSSR count). The largest absolute Gasteiger partial charge is 0.396 e. The molecule has 118 valence electrons. The number of aliphatic hydroxyl groups excluding tert-OH is 1. The predicted molar refractivity (Wildman–Crippen MR) is 91.2 cm³/mol. The molecule has 0 radical (unpaired) electrons. The maximum atomic E-state index is 9.00. The number of nitrogens with zero attached hydrogens (tertiary/aromatic N) is 2.